The minimum Gasteiger partial charge on any atom is -0.480 e. The molecule has 0 spiro atoms. The lowest BCUT2D eigenvalue weighted by atomic mass is 10.2. The molecule has 1 unspecified atom stereocenters. The summed E-state index contributed by atoms with van der Waals surface area (Å²) in [5.41, 5.74) is 0.438. The van der Waals surface area contributed by atoms with Crippen LogP contribution >= 0.6 is 27.5 Å². The van der Waals surface area contributed by atoms with Gasteiger partial charge in [0, 0.05) is 13.0 Å². The fraction of sp³-hybridized carbons (Fsp3) is 0.333. The lowest BCUT2D eigenvalue weighted by molar-refractivity contribution is -0.141. The number of anilines is 1. The Kier molecular flexibility index (Phi) is 4.52. The Morgan fingerprint density at radius 2 is 2.15 bits per heavy atom. The maximum Gasteiger partial charge on any atom is 0.326 e. The highest BCUT2D eigenvalue weighted by Gasteiger charge is 2.39. The molecule has 1 aliphatic heterocycles. The molecule has 2 rings (SSSR count). The molecular formula is C12H12BrClN2O4. The highest BCUT2D eigenvalue weighted by molar-refractivity contribution is 9.10. The van der Waals surface area contributed by atoms with E-state index in [1.54, 1.807) is 18.2 Å². The van der Waals surface area contributed by atoms with Crippen molar-refractivity contribution in [2.75, 3.05) is 11.9 Å². The second-order valence-electron chi connectivity index (χ2n) is 4.43. The molecule has 1 saturated heterocycles. The van der Waals surface area contributed by atoms with Gasteiger partial charge in [0.25, 0.3) is 0 Å². The van der Waals surface area contributed by atoms with Gasteiger partial charge in [0.15, 0.2) is 0 Å². The van der Waals surface area contributed by atoms with Crippen LogP contribution in [0.3, 0.4) is 0 Å². The van der Waals surface area contributed by atoms with Gasteiger partial charge in [-0.3, -0.25) is 0 Å². The Morgan fingerprint density at radius 3 is 2.80 bits per heavy atom. The van der Waals surface area contributed by atoms with E-state index < -0.39 is 24.1 Å². The monoisotopic (exact) mass is 362 g/mol. The van der Waals surface area contributed by atoms with Crippen LogP contribution in [0.15, 0.2) is 22.7 Å². The van der Waals surface area contributed by atoms with E-state index in [1.807, 2.05) is 0 Å². The highest BCUT2D eigenvalue weighted by atomic mass is 79.9. The molecule has 0 aromatic heterocycles. The molecule has 20 heavy (non-hydrogen) atoms. The number of benzene rings is 1. The summed E-state index contributed by atoms with van der Waals surface area (Å²) in [6.07, 6.45) is -0.802. The summed E-state index contributed by atoms with van der Waals surface area (Å²) in [6, 6.07) is 3.34. The average Bonchev–Trinajstić information content (AvgIpc) is 2.77. The third kappa shape index (κ3) is 3.05. The van der Waals surface area contributed by atoms with Crippen LogP contribution in [-0.2, 0) is 4.79 Å². The van der Waals surface area contributed by atoms with E-state index in [0.717, 1.165) is 4.90 Å². The highest BCUT2D eigenvalue weighted by Crippen LogP contribution is 2.30. The molecule has 6 nitrogen and oxygen atoms in total. The van der Waals surface area contributed by atoms with Crippen LogP contribution in [0, 0.1) is 0 Å². The van der Waals surface area contributed by atoms with Gasteiger partial charge >= 0.3 is 12.0 Å². The minimum absolute atomic E-state index is 0.0129. The number of carboxylic acid groups (broad SMARTS) is 1. The van der Waals surface area contributed by atoms with Crippen molar-refractivity contribution in [3.05, 3.63) is 27.7 Å². The van der Waals surface area contributed by atoms with Gasteiger partial charge in [-0.05, 0) is 28.1 Å². The summed E-state index contributed by atoms with van der Waals surface area (Å²) in [7, 11) is 0. The molecule has 0 saturated carbocycles. The van der Waals surface area contributed by atoms with E-state index in [1.165, 1.54) is 0 Å². The lowest BCUT2D eigenvalue weighted by Gasteiger charge is -2.22. The Hall–Kier alpha value is -1.31. The molecule has 8 heteroatoms. The van der Waals surface area contributed by atoms with Crippen molar-refractivity contribution in [1.29, 1.82) is 0 Å². The lowest BCUT2D eigenvalue weighted by Crippen LogP contribution is -2.43. The number of amides is 2. The standard InChI is InChI=1S/C12H12BrClN2O4/c13-10-7(14)2-1-3-8(10)15-12(20)16-5-6(17)4-9(16)11(18)19/h1-3,6,9,17H,4-5H2,(H,15,20)(H,18,19)/t6?,9-/m0/s1. The summed E-state index contributed by atoms with van der Waals surface area (Å²) in [5, 5.41) is 21.6. The quantitative estimate of drug-likeness (QED) is 0.751. The van der Waals surface area contributed by atoms with Gasteiger partial charge < -0.3 is 20.4 Å². The van der Waals surface area contributed by atoms with Crippen LogP contribution in [0.25, 0.3) is 0 Å². The normalized spacial score (nSPS) is 21.9. The van der Waals surface area contributed by atoms with Crippen LogP contribution in [0.4, 0.5) is 10.5 Å². The Morgan fingerprint density at radius 1 is 1.45 bits per heavy atom. The van der Waals surface area contributed by atoms with E-state index >= 15 is 0 Å². The number of likely N-dealkylation sites (tertiary alicyclic amines) is 1. The van der Waals surface area contributed by atoms with Crippen LogP contribution in [-0.4, -0.2) is 45.8 Å². The molecule has 0 bridgehead atoms. The first-order chi connectivity index (χ1) is 9.40. The summed E-state index contributed by atoms with van der Waals surface area (Å²) >= 11 is 9.16. The molecule has 1 heterocycles. The second kappa shape index (κ2) is 5.99. The fourth-order valence-electron chi connectivity index (χ4n) is 2.06. The zero-order valence-electron chi connectivity index (χ0n) is 10.2. The van der Waals surface area contributed by atoms with Crippen molar-refractivity contribution < 1.29 is 19.8 Å². The van der Waals surface area contributed by atoms with Crippen LogP contribution in [0.1, 0.15) is 6.42 Å². The molecular weight excluding hydrogens is 351 g/mol. The van der Waals surface area contributed by atoms with E-state index in [0.29, 0.717) is 15.2 Å². The van der Waals surface area contributed by atoms with Gasteiger partial charge in [0.05, 0.1) is 21.3 Å². The Balaban J connectivity index is 2.15. The average molecular weight is 364 g/mol. The number of nitrogens with zero attached hydrogens (tertiary/aromatic N) is 1. The third-order valence-electron chi connectivity index (χ3n) is 3.02. The van der Waals surface area contributed by atoms with Crippen molar-refractivity contribution in [2.24, 2.45) is 0 Å². The number of aliphatic hydroxyl groups is 1. The predicted octanol–water partition coefficient (Wildman–Crippen LogP) is 2.15. The van der Waals surface area contributed by atoms with Crippen LogP contribution in [0.2, 0.25) is 5.02 Å². The summed E-state index contributed by atoms with van der Waals surface area (Å²) in [6.45, 7) is -0.0129. The first kappa shape index (κ1) is 15.1. The molecule has 1 aliphatic rings. The molecule has 108 valence electrons. The first-order valence-electron chi connectivity index (χ1n) is 5.82. The number of urea groups is 1. The fourth-order valence-corrected chi connectivity index (χ4v) is 2.60. The molecule has 1 aromatic carbocycles. The SMILES string of the molecule is O=C(O)[C@@H]1CC(O)CN1C(=O)Nc1cccc(Cl)c1Br. The molecule has 0 aliphatic carbocycles. The maximum atomic E-state index is 12.1. The van der Waals surface area contributed by atoms with Crippen LogP contribution in [0.5, 0.6) is 0 Å². The molecule has 2 amide bonds. The summed E-state index contributed by atoms with van der Waals surface area (Å²) < 4.78 is 0.515. The van der Waals surface area contributed by atoms with E-state index in [2.05, 4.69) is 21.2 Å². The number of hydrogen-bond acceptors (Lipinski definition) is 3. The van der Waals surface area contributed by atoms with Gasteiger partial charge in [0.2, 0.25) is 0 Å². The molecule has 1 aromatic rings. The summed E-state index contributed by atoms with van der Waals surface area (Å²) in [5.74, 6) is -1.14. The zero-order chi connectivity index (χ0) is 14.9. The zero-order valence-corrected chi connectivity index (χ0v) is 12.6. The third-order valence-corrected chi connectivity index (χ3v) is 4.42. The number of aliphatic hydroxyl groups excluding tert-OH is 1. The molecule has 2 atom stereocenters. The van der Waals surface area contributed by atoms with E-state index in [-0.39, 0.29) is 13.0 Å². The smallest absolute Gasteiger partial charge is 0.326 e. The van der Waals surface area contributed by atoms with Gasteiger partial charge in [-0.15, -0.1) is 0 Å². The van der Waals surface area contributed by atoms with Gasteiger partial charge in [0.1, 0.15) is 6.04 Å². The van der Waals surface area contributed by atoms with Crippen molar-refractivity contribution in [2.45, 2.75) is 18.6 Å². The predicted molar refractivity (Wildman–Crippen MR) is 76.9 cm³/mol. The molecule has 0 radical (unpaired) electrons. The van der Waals surface area contributed by atoms with Gasteiger partial charge in [-0.1, -0.05) is 17.7 Å². The molecule has 3 N–H and O–H groups in total. The van der Waals surface area contributed by atoms with Crippen LogP contribution < -0.4 is 5.32 Å². The number of aliphatic carboxylic acids is 1. The topological polar surface area (TPSA) is 89.9 Å². The number of carbonyl (C=O) groups excluding carboxylic acids is 1. The number of carboxylic acids is 1. The van der Waals surface area contributed by atoms with Gasteiger partial charge in [-0.25, -0.2) is 9.59 Å². The Labute approximate surface area is 128 Å². The summed E-state index contributed by atoms with van der Waals surface area (Å²) in [4.78, 5) is 24.3. The van der Waals surface area contributed by atoms with E-state index in [9.17, 15) is 14.7 Å². The number of nitrogens with one attached hydrogen (secondary N) is 1. The number of carbonyl (C=O) groups is 2. The largest absolute Gasteiger partial charge is 0.480 e. The number of β-amino-alcohol motifs (C(OH)–C–C–N with tert-alkyl or cyclic N) is 1. The van der Waals surface area contributed by atoms with Crippen molar-refractivity contribution in [3.8, 4) is 0 Å². The Bertz CT molecular complexity index is 554. The molecule has 1 fully saturated rings. The van der Waals surface area contributed by atoms with Crippen molar-refractivity contribution in [1.82, 2.24) is 4.90 Å². The maximum absolute atomic E-state index is 12.1. The number of rotatable bonds is 2. The number of halogens is 2. The van der Waals surface area contributed by atoms with Crippen molar-refractivity contribution in [3.63, 3.8) is 0 Å². The van der Waals surface area contributed by atoms with Crippen molar-refractivity contribution >= 4 is 45.2 Å². The minimum atomic E-state index is -1.14. The second-order valence-corrected chi connectivity index (χ2v) is 5.63. The van der Waals surface area contributed by atoms with E-state index in [4.69, 9.17) is 16.7 Å². The van der Waals surface area contributed by atoms with Gasteiger partial charge in [-0.2, -0.15) is 0 Å². The first-order valence-corrected chi connectivity index (χ1v) is 6.99. The number of hydrogen-bond donors (Lipinski definition) is 3.